The third kappa shape index (κ3) is 4.07. The third-order valence-electron chi connectivity index (χ3n) is 4.86. The average molecular weight is 372 g/mol. The fourth-order valence-electron chi connectivity index (χ4n) is 3.41. The molecule has 0 radical (unpaired) electrons. The molecule has 4 aromatic rings. The Morgan fingerprint density at radius 1 is 0.929 bits per heavy atom. The number of aromatic nitrogens is 2. The zero-order valence-electron chi connectivity index (χ0n) is 16.0. The Hall–Kier alpha value is -3.11. The molecule has 0 spiro atoms. The van der Waals surface area contributed by atoms with Crippen molar-refractivity contribution in [3.63, 3.8) is 0 Å². The van der Waals surface area contributed by atoms with Crippen LogP contribution in [0.1, 0.15) is 17.0 Å². The largest absolute Gasteiger partial charge is 0.491 e. The van der Waals surface area contributed by atoms with E-state index in [9.17, 15) is 5.11 Å². The Morgan fingerprint density at radius 3 is 2.46 bits per heavy atom. The van der Waals surface area contributed by atoms with E-state index >= 15 is 0 Å². The highest BCUT2D eigenvalue weighted by Crippen LogP contribution is 2.20. The maximum atomic E-state index is 10.6. The van der Waals surface area contributed by atoms with Crippen molar-refractivity contribution in [3.8, 4) is 5.75 Å². The Labute approximate surface area is 165 Å². The molecule has 1 heterocycles. The molecule has 4 rings (SSSR count). The van der Waals surface area contributed by atoms with Crippen LogP contribution in [-0.2, 0) is 13.0 Å². The lowest BCUT2D eigenvalue weighted by Gasteiger charge is -2.16. The molecule has 4 nitrogen and oxygen atoms in total. The number of hydrogen-bond donors (Lipinski definition) is 1. The summed E-state index contributed by atoms with van der Waals surface area (Å²) in [4.78, 5) is 4.80. The average Bonchev–Trinajstić information content (AvgIpc) is 3.05. The smallest absolute Gasteiger partial charge is 0.122 e. The van der Waals surface area contributed by atoms with Crippen molar-refractivity contribution in [1.82, 2.24) is 9.55 Å². The summed E-state index contributed by atoms with van der Waals surface area (Å²) in [6.45, 7) is 2.68. The number of aliphatic hydroxyl groups is 1. The standard InChI is InChI=1S/C24H24N2O2/c1-18-9-5-8-14-23(18)28-17-20(27)16-26-22-13-7-6-12-21(22)25-24(26)15-19-10-3-2-4-11-19/h2-14,20,27H,15-17H2,1H3/t20-/m1/s1. The van der Waals surface area contributed by atoms with Gasteiger partial charge < -0.3 is 14.4 Å². The van der Waals surface area contributed by atoms with Crippen LogP contribution in [0.15, 0.2) is 78.9 Å². The minimum Gasteiger partial charge on any atom is -0.491 e. The van der Waals surface area contributed by atoms with Gasteiger partial charge in [0, 0.05) is 6.42 Å². The first kappa shape index (κ1) is 18.3. The lowest BCUT2D eigenvalue weighted by molar-refractivity contribution is 0.0925. The van der Waals surface area contributed by atoms with Crippen molar-refractivity contribution in [2.75, 3.05) is 6.61 Å². The number of benzene rings is 3. The van der Waals surface area contributed by atoms with Crippen LogP contribution in [0.3, 0.4) is 0 Å². The molecule has 28 heavy (non-hydrogen) atoms. The normalized spacial score (nSPS) is 12.2. The molecule has 0 saturated heterocycles. The van der Waals surface area contributed by atoms with Crippen molar-refractivity contribution < 1.29 is 9.84 Å². The maximum absolute atomic E-state index is 10.6. The van der Waals surface area contributed by atoms with Crippen LogP contribution in [0.4, 0.5) is 0 Å². The van der Waals surface area contributed by atoms with Crippen molar-refractivity contribution in [2.45, 2.75) is 26.0 Å². The van der Waals surface area contributed by atoms with E-state index in [0.29, 0.717) is 6.54 Å². The Balaban J connectivity index is 1.55. The van der Waals surface area contributed by atoms with Gasteiger partial charge in [-0.3, -0.25) is 0 Å². The summed E-state index contributed by atoms with van der Waals surface area (Å²) in [6, 6.07) is 26.2. The summed E-state index contributed by atoms with van der Waals surface area (Å²) in [7, 11) is 0. The van der Waals surface area contributed by atoms with Gasteiger partial charge in [-0.15, -0.1) is 0 Å². The zero-order chi connectivity index (χ0) is 19.3. The molecule has 0 aliphatic heterocycles. The molecule has 0 saturated carbocycles. The summed E-state index contributed by atoms with van der Waals surface area (Å²) < 4.78 is 7.94. The van der Waals surface area contributed by atoms with Crippen LogP contribution in [0.5, 0.6) is 5.75 Å². The second-order valence-electron chi connectivity index (χ2n) is 7.02. The molecular formula is C24H24N2O2. The number of aliphatic hydroxyl groups excluding tert-OH is 1. The number of fused-ring (bicyclic) bond motifs is 1. The number of hydrogen-bond acceptors (Lipinski definition) is 3. The molecule has 142 valence electrons. The molecule has 0 bridgehead atoms. The van der Waals surface area contributed by atoms with Crippen LogP contribution in [0, 0.1) is 6.92 Å². The topological polar surface area (TPSA) is 47.3 Å². The lowest BCUT2D eigenvalue weighted by Crippen LogP contribution is -2.24. The van der Waals surface area contributed by atoms with Gasteiger partial charge in [-0.2, -0.15) is 0 Å². The molecule has 0 fully saturated rings. The van der Waals surface area contributed by atoms with E-state index in [2.05, 4.69) is 16.7 Å². The number of nitrogens with zero attached hydrogens (tertiary/aromatic N) is 2. The minimum atomic E-state index is -0.633. The summed E-state index contributed by atoms with van der Waals surface area (Å²) in [5.74, 6) is 1.75. The summed E-state index contributed by atoms with van der Waals surface area (Å²) in [6.07, 6.45) is 0.0905. The number of rotatable bonds is 7. The number of para-hydroxylation sites is 3. The third-order valence-corrected chi connectivity index (χ3v) is 4.86. The van der Waals surface area contributed by atoms with Gasteiger partial charge >= 0.3 is 0 Å². The Bertz CT molecular complexity index is 1060. The molecule has 0 amide bonds. The van der Waals surface area contributed by atoms with E-state index in [1.165, 1.54) is 5.56 Å². The molecule has 1 atom stereocenters. The Morgan fingerprint density at radius 2 is 1.64 bits per heavy atom. The highest BCUT2D eigenvalue weighted by molar-refractivity contribution is 5.76. The molecule has 0 aliphatic rings. The minimum absolute atomic E-state index is 0.238. The Kier molecular flexibility index (Phi) is 5.40. The summed E-state index contributed by atoms with van der Waals surface area (Å²) >= 11 is 0. The van der Waals surface area contributed by atoms with Crippen molar-refractivity contribution in [1.29, 1.82) is 0 Å². The molecule has 0 aliphatic carbocycles. The molecule has 4 heteroatoms. The van der Waals surface area contributed by atoms with Crippen LogP contribution in [-0.4, -0.2) is 27.4 Å². The monoisotopic (exact) mass is 372 g/mol. The first-order chi connectivity index (χ1) is 13.7. The van der Waals surface area contributed by atoms with Gasteiger partial charge in [0.25, 0.3) is 0 Å². The van der Waals surface area contributed by atoms with Crippen LogP contribution >= 0.6 is 0 Å². The lowest BCUT2D eigenvalue weighted by atomic mass is 10.1. The van der Waals surface area contributed by atoms with Crippen LogP contribution in [0.25, 0.3) is 11.0 Å². The van der Waals surface area contributed by atoms with E-state index in [1.807, 2.05) is 73.7 Å². The zero-order valence-corrected chi connectivity index (χ0v) is 16.0. The predicted molar refractivity (Wildman–Crippen MR) is 112 cm³/mol. The quantitative estimate of drug-likeness (QED) is 0.524. The number of aryl methyl sites for hydroxylation is 1. The fraction of sp³-hybridized carbons (Fsp3) is 0.208. The molecule has 0 unspecified atom stereocenters. The van der Waals surface area contributed by atoms with Gasteiger partial charge in [0.1, 0.15) is 24.3 Å². The summed E-state index contributed by atoms with van der Waals surface area (Å²) in [5.41, 5.74) is 4.24. The van der Waals surface area contributed by atoms with Gasteiger partial charge in [0.15, 0.2) is 0 Å². The van der Waals surface area contributed by atoms with E-state index in [4.69, 9.17) is 9.72 Å². The molecule has 3 aromatic carbocycles. The second kappa shape index (κ2) is 8.28. The highest BCUT2D eigenvalue weighted by atomic mass is 16.5. The molecule has 1 N–H and O–H groups in total. The van der Waals surface area contributed by atoms with Crippen LogP contribution in [0.2, 0.25) is 0 Å². The van der Waals surface area contributed by atoms with Gasteiger partial charge in [0.2, 0.25) is 0 Å². The fourth-order valence-corrected chi connectivity index (χ4v) is 3.41. The number of imidazole rings is 1. The van der Waals surface area contributed by atoms with Crippen molar-refractivity contribution in [3.05, 3.63) is 95.8 Å². The van der Waals surface area contributed by atoms with Crippen molar-refractivity contribution in [2.24, 2.45) is 0 Å². The van der Waals surface area contributed by atoms with Crippen molar-refractivity contribution >= 4 is 11.0 Å². The van der Waals surface area contributed by atoms with Gasteiger partial charge in [0.05, 0.1) is 17.6 Å². The first-order valence-corrected chi connectivity index (χ1v) is 9.55. The maximum Gasteiger partial charge on any atom is 0.122 e. The van der Waals surface area contributed by atoms with E-state index < -0.39 is 6.10 Å². The first-order valence-electron chi connectivity index (χ1n) is 9.55. The number of ether oxygens (including phenoxy) is 1. The van der Waals surface area contributed by atoms with E-state index in [1.54, 1.807) is 0 Å². The SMILES string of the molecule is Cc1ccccc1OC[C@H](O)Cn1c(Cc2ccccc2)nc2ccccc21. The van der Waals surface area contributed by atoms with Gasteiger partial charge in [-0.1, -0.05) is 60.7 Å². The van der Waals surface area contributed by atoms with Gasteiger partial charge in [-0.05, 0) is 36.2 Å². The molecular weight excluding hydrogens is 348 g/mol. The van der Waals surface area contributed by atoms with E-state index in [0.717, 1.165) is 34.6 Å². The van der Waals surface area contributed by atoms with Gasteiger partial charge in [-0.25, -0.2) is 4.98 Å². The van der Waals surface area contributed by atoms with Crippen LogP contribution < -0.4 is 4.74 Å². The summed E-state index contributed by atoms with van der Waals surface area (Å²) in [5, 5.41) is 10.6. The molecule has 1 aromatic heterocycles. The highest BCUT2D eigenvalue weighted by Gasteiger charge is 2.15. The predicted octanol–water partition coefficient (Wildman–Crippen LogP) is 4.38. The van der Waals surface area contributed by atoms with E-state index in [-0.39, 0.29) is 6.61 Å². The second-order valence-corrected chi connectivity index (χ2v) is 7.02.